The highest BCUT2D eigenvalue weighted by Gasteiger charge is 2.37. The fraction of sp³-hybridized carbons (Fsp3) is 0.690. The summed E-state index contributed by atoms with van der Waals surface area (Å²) in [4.78, 5) is 41.5. The molecule has 38 heavy (non-hydrogen) atoms. The molecule has 1 aromatic rings. The number of hydrogen-bond donors (Lipinski definition) is 4. The number of hydrogen-bond acceptors (Lipinski definition) is 6. The molecule has 1 fully saturated rings. The standard InChI is InChI=1S/C29H47N3O6/c1-5-6-7-8-14-19-32(27(36)23(20-33)31-28(37)38-29(2,3)4)25(22-17-12-13-18-24(22)34)26(35)30-21-15-10-9-11-16-21/h12-13,17-18,21,23,25,33-34H,5-11,14-16,19-20H2,1-4H3,(H,30,35)(H,31,37). The van der Waals surface area contributed by atoms with Gasteiger partial charge in [-0.2, -0.15) is 0 Å². The van der Waals surface area contributed by atoms with Gasteiger partial charge in [-0.3, -0.25) is 9.59 Å². The highest BCUT2D eigenvalue weighted by molar-refractivity contribution is 5.92. The van der Waals surface area contributed by atoms with Crippen LogP contribution in [0.25, 0.3) is 0 Å². The number of aromatic hydroxyl groups is 1. The van der Waals surface area contributed by atoms with Crippen LogP contribution >= 0.6 is 0 Å². The van der Waals surface area contributed by atoms with Gasteiger partial charge in [0.1, 0.15) is 23.4 Å². The molecule has 214 valence electrons. The molecule has 1 aromatic carbocycles. The van der Waals surface area contributed by atoms with Gasteiger partial charge in [-0.05, 0) is 46.1 Å². The van der Waals surface area contributed by atoms with E-state index in [1.54, 1.807) is 39.0 Å². The van der Waals surface area contributed by atoms with Gasteiger partial charge in [0.2, 0.25) is 11.8 Å². The number of aliphatic hydroxyl groups is 1. The number of benzene rings is 1. The van der Waals surface area contributed by atoms with Crippen LogP contribution < -0.4 is 10.6 Å². The van der Waals surface area contributed by atoms with E-state index in [4.69, 9.17) is 4.74 Å². The minimum Gasteiger partial charge on any atom is -0.508 e. The molecule has 0 aliphatic heterocycles. The molecule has 0 heterocycles. The summed E-state index contributed by atoms with van der Waals surface area (Å²) >= 11 is 0. The van der Waals surface area contributed by atoms with E-state index in [0.29, 0.717) is 12.0 Å². The van der Waals surface area contributed by atoms with E-state index < -0.39 is 36.3 Å². The van der Waals surface area contributed by atoms with Crippen LogP contribution in [0.5, 0.6) is 5.75 Å². The van der Waals surface area contributed by atoms with Crippen molar-refractivity contribution in [1.82, 2.24) is 15.5 Å². The van der Waals surface area contributed by atoms with Crippen LogP contribution in [0.1, 0.15) is 104 Å². The van der Waals surface area contributed by atoms with E-state index in [2.05, 4.69) is 17.6 Å². The summed E-state index contributed by atoms with van der Waals surface area (Å²) in [5.74, 6) is -1.09. The minimum atomic E-state index is -1.31. The molecule has 1 saturated carbocycles. The molecule has 2 rings (SSSR count). The Morgan fingerprint density at radius 3 is 2.32 bits per heavy atom. The predicted molar refractivity (Wildman–Crippen MR) is 147 cm³/mol. The van der Waals surface area contributed by atoms with Crippen LogP contribution in [-0.2, 0) is 14.3 Å². The second kappa shape index (κ2) is 15.6. The number of amides is 3. The quantitative estimate of drug-likeness (QED) is 0.275. The molecular formula is C29H47N3O6. The number of ether oxygens (including phenoxy) is 1. The Hall–Kier alpha value is -2.81. The minimum absolute atomic E-state index is 0.000335. The second-order valence-corrected chi connectivity index (χ2v) is 11.1. The number of rotatable bonds is 13. The van der Waals surface area contributed by atoms with Gasteiger partial charge >= 0.3 is 6.09 Å². The van der Waals surface area contributed by atoms with E-state index in [9.17, 15) is 24.6 Å². The number of phenols is 1. The second-order valence-electron chi connectivity index (χ2n) is 11.1. The fourth-order valence-corrected chi connectivity index (χ4v) is 4.78. The molecule has 0 bridgehead atoms. The fourth-order valence-electron chi connectivity index (χ4n) is 4.78. The van der Waals surface area contributed by atoms with Crippen LogP contribution in [0.2, 0.25) is 0 Å². The molecule has 9 nitrogen and oxygen atoms in total. The van der Waals surface area contributed by atoms with Crippen LogP contribution in [0, 0.1) is 0 Å². The normalized spacial score (nSPS) is 15.8. The SMILES string of the molecule is CCCCCCCN(C(=O)C(CO)NC(=O)OC(C)(C)C)C(C(=O)NC1CCCCC1)c1ccccc1O. The molecule has 0 spiro atoms. The zero-order valence-corrected chi connectivity index (χ0v) is 23.5. The lowest BCUT2D eigenvalue weighted by atomic mass is 9.94. The van der Waals surface area contributed by atoms with Crippen molar-refractivity contribution in [1.29, 1.82) is 0 Å². The number of aliphatic hydroxyl groups excluding tert-OH is 1. The predicted octanol–water partition coefficient (Wildman–Crippen LogP) is 4.57. The average molecular weight is 534 g/mol. The van der Waals surface area contributed by atoms with Crippen molar-refractivity contribution in [2.75, 3.05) is 13.2 Å². The Balaban J connectivity index is 2.39. The first-order valence-electron chi connectivity index (χ1n) is 14.1. The van der Waals surface area contributed by atoms with Gasteiger partial charge in [0.05, 0.1) is 6.61 Å². The number of nitrogens with one attached hydrogen (secondary N) is 2. The summed E-state index contributed by atoms with van der Waals surface area (Å²) < 4.78 is 5.29. The summed E-state index contributed by atoms with van der Waals surface area (Å²) in [6.07, 6.45) is 8.71. The third kappa shape index (κ3) is 10.2. The summed E-state index contributed by atoms with van der Waals surface area (Å²) in [6, 6.07) is 4.06. The topological polar surface area (TPSA) is 128 Å². The van der Waals surface area contributed by atoms with Gasteiger partial charge in [-0.25, -0.2) is 4.79 Å². The molecule has 0 radical (unpaired) electrons. The maximum absolute atomic E-state index is 13.9. The monoisotopic (exact) mass is 533 g/mol. The smallest absolute Gasteiger partial charge is 0.408 e. The van der Waals surface area contributed by atoms with E-state index in [1.165, 1.54) is 11.0 Å². The number of alkyl carbamates (subject to hydrolysis) is 1. The summed E-state index contributed by atoms with van der Waals surface area (Å²) in [7, 11) is 0. The molecular weight excluding hydrogens is 486 g/mol. The van der Waals surface area contributed by atoms with Gasteiger partial charge in [0, 0.05) is 18.2 Å². The van der Waals surface area contributed by atoms with Gasteiger partial charge in [0.15, 0.2) is 0 Å². The van der Waals surface area contributed by atoms with Gasteiger partial charge in [0.25, 0.3) is 0 Å². The molecule has 9 heteroatoms. The lowest BCUT2D eigenvalue weighted by molar-refractivity contribution is -0.143. The number of nitrogens with zero attached hydrogens (tertiary/aromatic N) is 1. The Morgan fingerprint density at radius 1 is 1.05 bits per heavy atom. The Morgan fingerprint density at radius 2 is 1.71 bits per heavy atom. The Bertz CT molecular complexity index is 895. The molecule has 2 atom stereocenters. The lowest BCUT2D eigenvalue weighted by Crippen LogP contribution is -2.55. The molecule has 2 unspecified atom stereocenters. The van der Waals surface area contributed by atoms with Crippen molar-refractivity contribution in [3.63, 3.8) is 0 Å². The van der Waals surface area contributed by atoms with Gasteiger partial charge < -0.3 is 30.5 Å². The van der Waals surface area contributed by atoms with E-state index in [-0.39, 0.29) is 24.2 Å². The summed E-state index contributed by atoms with van der Waals surface area (Å²) in [5.41, 5.74) is -0.485. The molecule has 3 amide bonds. The van der Waals surface area contributed by atoms with Crippen LogP contribution in [0.4, 0.5) is 4.79 Å². The number of phenolic OH excluding ortho intramolecular Hbond substituents is 1. The van der Waals surface area contributed by atoms with Crippen molar-refractivity contribution in [2.24, 2.45) is 0 Å². The highest BCUT2D eigenvalue weighted by atomic mass is 16.6. The molecule has 0 saturated heterocycles. The Labute approximate surface area is 227 Å². The maximum atomic E-state index is 13.9. The average Bonchev–Trinajstić information content (AvgIpc) is 2.86. The van der Waals surface area contributed by atoms with Crippen molar-refractivity contribution in [3.05, 3.63) is 29.8 Å². The first kappa shape index (κ1) is 31.4. The summed E-state index contributed by atoms with van der Waals surface area (Å²) in [6.45, 7) is 6.79. The lowest BCUT2D eigenvalue weighted by Gasteiger charge is -2.35. The molecule has 0 aromatic heterocycles. The first-order valence-corrected chi connectivity index (χ1v) is 14.1. The van der Waals surface area contributed by atoms with Crippen molar-refractivity contribution < 1.29 is 29.3 Å². The third-order valence-corrected chi connectivity index (χ3v) is 6.70. The molecule has 4 N–H and O–H groups in total. The number of para-hydroxylation sites is 1. The van der Waals surface area contributed by atoms with Crippen molar-refractivity contribution >= 4 is 17.9 Å². The third-order valence-electron chi connectivity index (χ3n) is 6.70. The molecule has 1 aliphatic rings. The van der Waals surface area contributed by atoms with Gasteiger partial charge in [-0.15, -0.1) is 0 Å². The van der Waals surface area contributed by atoms with Gasteiger partial charge in [-0.1, -0.05) is 70.1 Å². The zero-order chi connectivity index (χ0) is 28.1. The van der Waals surface area contributed by atoms with Crippen molar-refractivity contribution in [2.45, 2.75) is 116 Å². The highest BCUT2D eigenvalue weighted by Crippen LogP contribution is 2.31. The van der Waals surface area contributed by atoms with Crippen LogP contribution in [-0.4, -0.2) is 63.9 Å². The maximum Gasteiger partial charge on any atom is 0.408 e. The zero-order valence-electron chi connectivity index (χ0n) is 23.5. The van der Waals surface area contributed by atoms with Crippen LogP contribution in [0.15, 0.2) is 24.3 Å². The number of unbranched alkanes of at least 4 members (excludes halogenated alkanes) is 4. The molecule has 1 aliphatic carbocycles. The summed E-state index contributed by atoms with van der Waals surface area (Å²) in [5, 5.41) is 26.4. The largest absolute Gasteiger partial charge is 0.508 e. The van der Waals surface area contributed by atoms with E-state index in [0.717, 1.165) is 57.8 Å². The van der Waals surface area contributed by atoms with E-state index >= 15 is 0 Å². The van der Waals surface area contributed by atoms with E-state index in [1.807, 2.05) is 0 Å². The van der Waals surface area contributed by atoms with Crippen LogP contribution in [0.3, 0.4) is 0 Å². The first-order chi connectivity index (χ1) is 18.1. The number of carbonyl (C=O) groups is 3. The van der Waals surface area contributed by atoms with Crippen molar-refractivity contribution in [3.8, 4) is 5.75 Å². The Kier molecular flexibility index (Phi) is 12.9. The number of carbonyl (C=O) groups excluding carboxylic acids is 3.